The SMILES string of the molecule is CC(C)[C@@H]1CCCN1c1nccs1. The van der Waals surface area contributed by atoms with Gasteiger partial charge in [-0.15, -0.1) is 11.3 Å². The van der Waals surface area contributed by atoms with E-state index in [1.54, 1.807) is 11.3 Å². The minimum atomic E-state index is 0.714. The van der Waals surface area contributed by atoms with Crippen LogP contribution in [-0.4, -0.2) is 17.6 Å². The predicted octanol–water partition coefficient (Wildman–Crippen LogP) is 2.77. The summed E-state index contributed by atoms with van der Waals surface area (Å²) in [6, 6.07) is 0.714. The summed E-state index contributed by atoms with van der Waals surface area (Å²) < 4.78 is 0. The quantitative estimate of drug-likeness (QED) is 0.723. The maximum Gasteiger partial charge on any atom is 0.185 e. The standard InChI is InChI=1S/C10H16N2S/c1-8(2)9-4-3-6-12(9)10-11-5-7-13-10/h5,7-9H,3-4,6H2,1-2H3/t9-/m0/s1. The largest absolute Gasteiger partial charge is 0.345 e. The predicted molar refractivity (Wildman–Crippen MR) is 57.3 cm³/mol. The van der Waals surface area contributed by atoms with Crippen molar-refractivity contribution in [2.75, 3.05) is 11.4 Å². The Morgan fingerprint density at radius 3 is 3.08 bits per heavy atom. The summed E-state index contributed by atoms with van der Waals surface area (Å²) in [4.78, 5) is 6.84. The van der Waals surface area contributed by atoms with Gasteiger partial charge in [0.15, 0.2) is 5.13 Å². The third-order valence-corrected chi connectivity index (χ3v) is 3.54. The van der Waals surface area contributed by atoms with E-state index < -0.39 is 0 Å². The van der Waals surface area contributed by atoms with Gasteiger partial charge in [-0.25, -0.2) is 4.98 Å². The first-order chi connectivity index (χ1) is 6.29. The molecule has 0 radical (unpaired) electrons. The Balaban J connectivity index is 2.14. The van der Waals surface area contributed by atoms with Gasteiger partial charge in [0.1, 0.15) is 0 Å². The summed E-state index contributed by atoms with van der Waals surface area (Å²) in [5.74, 6) is 0.742. The van der Waals surface area contributed by atoms with Crippen molar-refractivity contribution in [3.8, 4) is 0 Å². The molecule has 2 nitrogen and oxygen atoms in total. The molecule has 1 aliphatic heterocycles. The van der Waals surface area contributed by atoms with Gasteiger partial charge in [-0.05, 0) is 18.8 Å². The van der Waals surface area contributed by atoms with Gasteiger partial charge in [0.2, 0.25) is 0 Å². The topological polar surface area (TPSA) is 16.1 Å². The Kier molecular flexibility index (Phi) is 2.54. The molecule has 72 valence electrons. The van der Waals surface area contributed by atoms with Gasteiger partial charge in [0.25, 0.3) is 0 Å². The van der Waals surface area contributed by atoms with E-state index in [0.717, 1.165) is 5.92 Å². The van der Waals surface area contributed by atoms with E-state index >= 15 is 0 Å². The zero-order chi connectivity index (χ0) is 9.26. The lowest BCUT2D eigenvalue weighted by Crippen LogP contribution is -2.33. The summed E-state index contributed by atoms with van der Waals surface area (Å²) in [5, 5.41) is 3.27. The Labute approximate surface area is 83.6 Å². The summed E-state index contributed by atoms with van der Waals surface area (Å²) >= 11 is 1.76. The average Bonchev–Trinajstić information content (AvgIpc) is 2.74. The molecule has 0 aromatic carbocycles. The van der Waals surface area contributed by atoms with Gasteiger partial charge in [0.05, 0.1) is 0 Å². The molecule has 0 bridgehead atoms. The summed E-state index contributed by atoms with van der Waals surface area (Å²) in [6.07, 6.45) is 4.55. The number of thiazole rings is 1. The fourth-order valence-corrected chi connectivity index (χ4v) is 2.81. The molecule has 0 saturated carbocycles. The molecule has 1 atom stereocenters. The van der Waals surface area contributed by atoms with Gasteiger partial charge in [-0.3, -0.25) is 0 Å². The Morgan fingerprint density at radius 2 is 2.46 bits per heavy atom. The van der Waals surface area contributed by atoms with Crippen molar-refractivity contribution in [3.63, 3.8) is 0 Å². The second-order valence-corrected chi connectivity index (χ2v) is 4.83. The molecule has 1 aromatic rings. The van der Waals surface area contributed by atoms with Crippen LogP contribution in [-0.2, 0) is 0 Å². The van der Waals surface area contributed by atoms with Crippen LogP contribution in [0.5, 0.6) is 0 Å². The van der Waals surface area contributed by atoms with E-state index in [2.05, 4.69) is 29.1 Å². The van der Waals surface area contributed by atoms with Crippen LogP contribution in [0.15, 0.2) is 11.6 Å². The van der Waals surface area contributed by atoms with Crippen LogP contribution in [0.2, 0.25) is 0 Å². The van der Waals surface area contributed by atoms with Crippen molar-refractivity contribution in [3.05, 3.63) is 11.6 Å². The summed E-state index contributed by atoms with van der Waals surface area (Å²) in [6.45, 7) is 5.80. The van der Waals surface area contributed by atoms with E-state index in [9.17, 15) is 0 Å². The Hall–Kier alpha value is -0.570. The van der Waals surface area contributed by atoms with Crippen LogP contribution in [0, 0.1) is 5.92 Å². The van der Waals surface area contributed by atoms with Gasteiger partial charge in [-0.2, -0.15) is 0 Å². The molecule has 0 spiro atoms. The fraction of sp³-hybridized carbons (Fsp3) is 0.700. The van der Waals surface area contributed by atoms with Crippen LogP contribution in [0.3, 0.4) is 0 Å². The van der Waals surface area contributed by atoms with Crippen LogP contribution < -0.4 is 4.90 Å². The number of nitrogens with zero attached hydrogens (tertiary/aromatic N) is 2. The minimum absolute atomic E-state index is 0.714. The molecule has 0 amide bonds. The third kappa shape index (κ3) is 1.70. The van der Waals surface area contributed by atoms with E-state index in [1.807, 2.05) is 6.20 Å². The number of aromatic nitrogens is 1. The average molecular weight is 196 g/mol. The van der Waals surface area contributed by atoms with Gasteiger partial charge < -0.3 is 4.90 Å². The molecule has 1 saturated heterocycles. The Bertz CT molecular complexity index is 256. The van der Waals surface area contributed by atoms with Gasteiger partial charge in [0, 0.05) is 24.2 Å². The number of hydrogen-bond acceptors (Lipinski definition) is 3. The normalized spacial score (nSPS) is 23.0. The molecule has 0 N–H and O–H groups in total. The first-order valence-electron chi connectivity index (χ1n) is 4.95. The molecule has 13 heavy (non-hydrogen) atoms. The highest BCUT2D eigenvalue weighted by Gasteiger charge is 2.28. The first kappa shape index (κ1) is 9.00. The van der Waals surface area contributed by atoms with Crippen LogP contribution >= 0.6 is 11.3 Å². The van der Waals surface area contributed by atoms with Crippen molar-refractivity contribution in [1.82, 2.24) is 4.98 Å². The second-order valence-electron chi connectivity index (χ2n) is 3.96. The zero-order valence-electron chi connectivity index (χ0n) is 8.23. The van der Waals surface area contributed by atoms with E-state index in [1.165, 1.54) is 24.5 Å². The maximum atomic E-state index is 4.38. The molecule has 0 unspecified atom stereocenters. The lowest BCUT2D eigenvalue weighted by molar-refractivity contribution is 0.491. The molecule has 3 heteroatoms. The monoisotopic (exact) mass is 196 g/mol. The lowest BCUT2D eigenvalue weighted by Gasteiger charge is -2.26. The zero-order valence-corrected chi connectivity index (χ0v) is 9.05. The molecule has 2 rings (SSSR count). The first-order valence-corrected chi connectivity index (χ1v) is 5.83. The van der Waals surface area contributed by atoms with Crippen LogP contribution in [0.1, 0.15) is 26.7 Å². The molecular weight excluding hydrogens is 180 g/mol. The van der Waals surface area contributed by atoms with Crippen molar-refractivity contribution in [2.45, 2.75) is 32.7 Å². The van der Waals surface area contributed by atoms with Crippen LogP contribution in [0.25, 0.3) is 0 Å². The number of hydrogen-bond donors (Lipinski definition) is 0. The summed E-state index contributed by atoms with van der Waals surface area (Å²) in [5.41, 5.74) is 0. The van der Waals surface area contributed by atoms with E-state index in [0.29, 0.717) is 6.04 Å². The molecule has 1 fully saturated rings. The van der Waals surface area contributed by atoms with E-state index in [-0.39, 0.29) is 0 Å². The highest BCUT2D eigenvalue weighted by Crippen LogP contribution is 2.30. The number of rotatable bonds is 2. The highest BCUT2D eigenvalue weighted by molar-refractivity contribution is 7.13. The number of anilines is 1. The molecular formula is C10H16N2S. The van der Waals surface area contributed by atoms with Crippen molar-refractivity contribution >= 4 is 16.5 Å². The lowest BCUT2D eigenvalue weighted by atomic mass is 10.0. The smallest absolute Gasteiger partial charge is 0.185 e. The third-order valence-electron chi connectivity index (χ3n) is 2.73. The van der Waals surface area contributed by atoms with Gasteiger partial charge in [-0.1, -0.05) is 13.8 Å². The van der Waals surface area contributed by atoms with Gasteiger partial charge >= 0.3 is 0 Å². The summed E-state index contributed by atoms with van der Waals surface area (Å²) in [7, 11) is 0. The second kappa shape index (κ2) is 3.66. The minimum Gasteiger partial charge on any atom is -0.345 e. The molecule has 2 heterocycles. The van der Waals surface area contributed by atoms with Crippen molar-refractivity contribution in [2.24, 2.45) is 5.92 Å². The molecule has 1 aromatic heterocycles. The van der Waals surface area contributed by atoms with E-state index in [4.69, 9.17) is 0 Å². The Morgan fingerprint density at radius 1 is 1.62 bits per heavy atom. The van der Waals surface area contributed by atoms with Crippen molar-refractivity contribution in [1.29, 1.82) is 0 Å². The molecule has 1 aliphatic rings. The fourth-order valence-electron chi connectivity index (χ4n) is 2.08. The van der Waals surface area contributed by atoms with Crippen LogP contribution in [0.4, 0.5) is 5.13 Å². The van der Waals surface area contributed by atoms with Crippen molar-refractivity contribution < 1.29 is 0 Å². The maximum absolute atomic E-state index is 4.38. The molecule has 0 aliphatic carbocycles. The highest BCUT2D eigenvalue weighted by atomic mass is 32.1.